The lowest BCUT2D eigenvalue weighted by atomic mass is 10.1. The summed E-state index contributed by atoms with van der Waals surface area (Å²) in [4.78, 5) is 10.3. The van der Waals surface area contributed by atoms with Gasteiger partial charge in [-0.2, -0.15) is 0 Å². The fourth-order valence-electron chi connectivity index (χ4n) is 3.25. The Balaban J connectivity index is 0.000000193. The molecule has 0 aromatic heterocycles. The predicted octanol–water partition coefficient (Wildman–Crippen LogP) is 6.01. The molecule has 0 saturated heterocycles. The number of rotatable bonds is 4. The van der Waals surface area contributed by atoms with Crippen molar-refractivity contribution in [3.63, 3.8) is 0 Å². The third kappa shape index (κ3) is 4.59. The molecule has 3 aromatic rings. The summed E-state index contributed by atoms with van der Waals surface area (Å²) >= 11 is 0. The number of benzene rings is 3. The predicted molar refractivity (Wildman–Crippen MR) is 115 cm³/mol. The zero-order chi connectivity index (χ0) is 19.2. The van der Waals surface area contributed by atoms with Crippen molar-refractivity contribution >= 4 is 18.1 Å². The second kappa shape index (κ2) is 9.72. The number of nitro groups is 1. The Morgan fingerprint density at radius 1 is 1.04 bits per heavy atom. The van der Waals surface area contributed by atoms with Gasteiger partial charge in [0, 0.05) is 5.56 Å². The Morgan fingerprint density at radius 3 is 2.11 bits per heavy atom. The van der Waals surface area contributed by atoms with Gasteiger partial charge >= 0.3 is 0 Å². The first-order chi connectivity index (χ1) is 13.1. The highest BCUT2D eigenvalue weighted by molar-refractivity contribution is 5.85. The Hall–Kier alpha value is -3.11. The zero-order valence-electron chi connectivity index (χ0n) is 15.6. The summed E-state index contributed by atoms with van der Waals surface area (Å²) in [6.45, 7) is 3.55. The third-order valence-electron chi connectivity index (χ3n) is 4.56. The van der Waals surface area contributed by atoms with Crippen molar-refractivity contribution in [1.82, 2.24) is 0 Å². The summed E-state index contributed by atoms with van der Waals surface area (Å²) in [5.41, 5.74) is 6.47. The molecule has 144 valence electrons. The van der Waals surface area contributed by atoms with Gasteiger partial charge in [-0.3, -0.25) is 10.1 Å². The van der Waals surface area contributed by atoms with Crippen LogP contribution in [0.5, 0.6) is 5.75 Å². The Morgan fingerprint density at radius 2 is 1.61 bits per heavy atom. The fourth-order valence-corrected chi connectivity index (χ4v) is 3.25. The van der Waals surface area contributed by atoms with Crippen molar-refractivity contribution in [3.8, 4) is 16.9 Å². The maximum Gasteiger partial charge on any atom is 0.276 e. The van der Waals surface area contributed by atoms with Crippen molar-refractivity contribution < 1.29 is 9.66 Å². The maximum absolute atomic E-state index is 10.7. The van der Waals surface area contributed by atoms with Crippen molar-refractivity contribution in [1.29, 1.82) is 0 Å². The van der Waals surface area contributed by atoms with Gasteiger partial charge in [0.2, 0.25) is 0 Å². The van der Waals surface area contributed by atoms with Crippen LogP contribution in [0.4, 0.5) is 5.69 Å². The van der Waals surface area contributed by atoms with E-state index in [4.69, 9.17) is 4.74 Å². The molecule has 4 rings (SSSR count). The van der Waals surface area contributed by atoms with Gasteiger partial charge in [-0.25, -0.2) is 0 Å². The number of nitrogens with zero attached hydrogens (tertiary/aromatic N) is 1. The van der Waals surface area contributed by atoms with Crippen LogP contribution < -0.4 is 4.74 Å². The molecule has 0 N–H and O–H groups in total. The molecule has 0 bridgehead atoms. The SMILES string of the molecule is C=CCc1ccc(OC)cc1[N+](=O)[O-].Cl.c1ccc2c(c1)Cc1ccccc1-2. The molecule has 1 aliphatic carbocycles. The van der Waals surface area contributed by atoms with Gasteiger partial charge in [0.25, 0.3) is 5.69 Å². The average Bonchev–Trinajstić information content (AvgIpc) is 3.07. The molecule has 0 fully saturated rings. The molecule has 0 atom stereocenters. The molecule has 0 radical (unpaired) electrons. The quantitative estimate of drug-likeness (QED) is 0.241. The Kier molecular flexibility index (Phi) is 7.36. The van der Waals surface area contributed by atoms with E-state index < -0.39 is 4.92 Å². The van der Waals surface area contributed by atoms with E-state index in [0.717, 1.165) is 6.42 Å². The minimum absolute atomic E-state index is 0. The number of ether oxygens (including phenoxy) is 1. The van der Waals surface area contributed by atoms with E-state index in [-0.39, 0.29) is 18.1 Å². The highest BCUT2D eigenvalue weighted by Crippen LogP contribution is 2.35. The van der Waals surface area contributed by atoms with Gasteiger partial charge in [-0.1, -0.05) is 54.6 Å². The van der Waals surface area contributed by atoms with Gasteiger partial charge in [0.05, 0.1) is 18.1 Å². The molecule has 4 nitrogen and oxygen atoms in total. The van der Waals surface area contributed by atoms with Crippen molar-refractivity contribution in [3.05, 3.63) is 106 Å². The van der Waals surface area contributed by atoms with Crippen LogP contribution >= 0.6 is 12.4 Å². The number of hydrogen-bond donors (Lipinski definition) is 0. The van der Waals surface area contributed by atoms with E-state index in [9.17, 15) is 10.1 Å². The Labute approximate surface area is 171 Å². The molecule has 0 heterocycles. The topological polar surface area (TPSA) is 52.4 Å². The summed E-state index contributed by atoms with van der Waals surface area (Å²) in [7, 11) is 1.48. The van der Waals surface area contributed by atoms with Crippen LogP contribution in [0.25, 0.3) is 11.1 Å². The monoisotopic (exact) mass is 395 g/mol. The fraction of sp³-hybridized carbons (Fsp3) is 0.130. The molecule has 0 unspecified atom stereocenters. The van der Waals surface area contributed by atoms with E-state index in [1.54, 1.807) is 18.2 Å². The Bertz CT molecular complexity index is 942. The van der Waals surface area contributed by atoms with Gasteiger partial charge in [0.1, 0.15) is 5.75 Å². The van der Waals surface area contributed by atoms with Crippen molar-refractivity contribution in [2.45, 2.75) is 12.8 Å². The second-order valence-corrected chi connectivity index (χ2v) is 6.24. The normalized spacial score (nSPS) is 10.5. The van der Waals surface area contributed by atoms with Gasteiger partial charge < -0.3 is 4.74 Å². The van der Waals surface area contributed by atoms with Crippen LogP contribution in [-0.4, -0.2) is 12.0 Å². The van der Waals surface area contributed by atoms with E-state index in [2.05, 4.69) is 55.1 Å². The minimum Gasteiger partial charge on any atom is -0.497 e. The summed E-state index contributed by atoms with van der Waals surface area (Å²) in [6, 6.07) is 22.1. The lowest BCUT2D eigenvalue weighted by Crippen LogP contribution is -1.95. The molecular formula is C23H22ClNO3. The van der Waals surface area contributed by atoms with Crippen LogP contribution in [0.3, 0.4) is 0 Å². The summed E-state index contributed by atoms with van der Waals surface area (Å²) in [5, 5.41) is 10.7. The molecule has 5 heteroatoms. The van der Waals surface area contributed by atoms with Gasteiger partial charge in [-0.05, 0) is 47.2 Å². The van der Waals surface area contributed by atoms with E-state index in [0.29, 0.717) is 17.7 Å². The highest BCUT2D eigenvalue weighted by Gasteiger charge is 2.16. The number of hydrogen-bond acceptors (Lipinski definition) is 3. The first-order valence-electron chi connectivity index (χ1n) is 8.72. The van der Waals surface area contributed by atoms with Gasteiger partial charge in [0.15, 0.2) is 0 Å². The number of halogens is 1. The van der Waals surface area contributed by atoms with Gasteiger partial charge in [-0.15, -0.1) is 19.0 Å². The number of fused-ring (bicyclic) bond motifs is 3. The third-order valence-corrected chi connectivity index (χ3v) is 4.56. The van der Waals surface area contributed by atoms with Crippen molar-refractivity contribution in [2.24, 2.45) is 0 Å². The molecule has 0 spiro atoms. The van der Waals surface area contributed by atoms with E-state index in [1.165, 1.54) is 35.4 Å². The molecule has 0 aliphatic heterocycles. The van der Waals surface area contributed by atoms with E-state index in [1.807, 2.05) is 0 Å². The highest BCUT2D eigenvalue weighted by atomic mass is 35.5. The number of allylic oxidation sites excluding steroid dienone is 1. The zero-order valence-corrected chi connectivity index (χ0v) is 16.4. The van der Waals surface area contributed by atoms with Crippen molar-refractivity contribution in [2.75, 3.05) is 7.11 Å². The van der Waals surface area contributed by atoms with Crippen LogP contribution in [0.15, 0.2) is 79.4 Å². The summed E-state index contributed by atoms with van der Waals surface area (Å²) in [5.74, 6) is 0.490. The molecule has 0 amide bonds. The standard InChI is InChI=1S/C13H10.C10H11NO3.ClH/c1-3-7-12-10(5-1)9-11-6-2-4-8-13(11)12;1-3-4-8-5-6-9(14-2)7-10(8)11(12)13;/h1-8H,9H2;3,5-7H,1,4H2,2H3;1H. The molecule has 1 aliphatic rings. The number of methoxy groups -OCH3 is 1. The maximum atomic E-state index is 10.7. The second-order valence-electron chi connectivity index (χ2n) is 6.24. The number of nitro benzene ring substituents is 1. The van der Waals surface area contributed by atoms with Crippen LogP contribution in [0.2, 0.25) is 0 Å². The minimum atomic E-state index is -0.415. The molecule has 28 heavy (non-hydrogen) atoms. The van der Waals surface area contributed by atoms with E-state index >= 15 is 0 Å². The molecule has 0 saturated carbocycles. The summed E-state index contributed by atoms with van der Waals surface area (Å²) in [6.07, 6.45) is 3.22. The average molecular weight is 396 g/mol. The largest absolute Gasteiger partial charge is 0.497 e. The summed E-state index contributed by atoms with van der Waals surface area (Å²) < 4.78 is 4.91. The van der Waals surface area contributed by atoms with Crippen LogP contribution in [0, 0.1) is 10.1 Å². The van der Waals surface area contributed by atoms with Crippen LogP contribution in [-0.2, 0) is 12.8 Å². The molecule has 3 aromatic carbocycles. The smallest absolute Gasteiger partial charge is 0.276 e. The first kappa shape index (κ1) is 21.2. The molecular weight excluding hydrogens is 374 g/mol. The van der Waals surface area contributed by atoms with Crippen LogP contribution in [0.1, 0.15) is 16.7 Å². The lowest BCUT2D eigenvalue weighted by Gasteiger charge is -2.02. The first-order valence-corrected chi connectivity index (χ1v) is 8.72. The lowest BCUT2D eigenvalue weighted by molar-refractivity contribution is -0.385.